The van der Waals surface area contributed by atoms with E-state index in [-0.39, 0.29) is 0 Å². The molecule has 3 rings (SSSR count). The topological polar surface area (TPSA) is 25.2 Å². The van der Waals surface area contributed by atoms with E-state index < -0.39 is 0 Å². The average molecular weight is 290 g/mol. The van der Waals surface area contributed by atoms with Crippen LogP contribution in [0.4, 0.5) is 0 Å². The van der Waals surface area contributed by atoms with Crippen LogP contribution in [0.15, 0.2) is 47.1 Å². The molecular formula is C17H20ClNO. The molecule has 0 radical (unpaired) electrons. The summed E-state index contributed by atoms with van der Waals surface area (Å²) >= 11 is 6.17. The number of hydrogen-bond donors (Lipinski definition) is 1. The van der Waals surface area contributed by atoms with Crippen molar-refractivity contribution in [3.8, 4) is 0 Å². The van der Waals surface area contributed by atoms with Crippen LogP contribution >= 0.6 is 11.6 Å². The second-order valence-electron chi connectivity index (χ2n) is 5.50. The van der Waals surface area contributed by atoms with Crippen molar-refractivity contribution in [2.24, 2.45) is 5.92 Å². The third-order valence-corrected chi connectivity index (χ3v) is 4.40. The lowest BCUT2D eigenvalue weighted by atomic mass is 10.0. The van der Waals surface area contributed by atoms with E-state index in [2.05, 4.69) is 42.6 Å². The quantitative estimate of drug-likeness (QED) is 0.828. The van der Waals surface area contributed by atoms with Crippen molar-refractivity contribution in [3.05, 3.63) is 59.0 Å². The van der Waals surface area contributed by atoms with Gasteiger partial charge in [-0.1, -0.05) is 37.3 Å². The molecule has 1 fully saturated rings. The molecule has 2 nitrogen and oxygen atoms in total. The first-order valence-corrected chi connectivity index (χ1v) is 7.70. The highest BCUT2D eigenvalue weighted by atomic mass is 35.5. The lowest BCUT2D eigenvalue weighted by Gasteiger charge is -2.18. The molecule has 1 aromatic carbocycles. The standard InChI is InChI=1S/C17H20ClNO/c1-2-9-19-16(13-8-10-20-17(13)18)15-11-14(15)12-6-4-3-5-7-12/h3-8,10,14-16,19H,2,9,11H2,1H3. The molecule has 2 aromatic rings. The largest absolute Gasteiger partial charge is 0.453 e. The molecular weight excluding hydrogens is 270 g/mol. The summed E-state index contributed by atoms with van der Waals surface area (Å²) in [5.74, 6) is 1.25. The second-order valence-corrected chi connectivity index (χ2v) is 5.84. The third-order valence-electron chi connectivity index (χ3n) is 4.09. The van der Waals surface area contributed by atoms with Gasteiger partial charge >= 0.3 is 0 Å². The Hall–Kier alpha value is -1.25. The first kappa shape index (κ1) is 13.7. The predicted octanol–water partition coefficient (Wildman–Crippen LogP) is 4.78. The van der Waals surface area contributed by atoms with Gasteiger partial charge in [-0.05, 0) is 54.5 Å². The summed E-state index contributed by atoms with van der Waals surface area (Å²) in [6, 6.07) is 13.0. The van der Waals surface area contributed by atoms with E-state index in [4.69, 9.17) is 16.0 Å². The van der Waals surface area contributed by atoms with Gasteiger partial charge in [-0.3, -0.25) is 0 Å². The van der Waals surface area contributed by atoms with E-state index >= 15 is 0 Å². The zero-order valence-corrected chi connectivity index (χ0v) is 12.4. The normalized spacial score (nSPS) is 22.7. The van der Waals surface area contributed by atoms with Crippen LogP contribution in [0.2, 0.25) is 5.22 Å². The molecule has 1 heterocycles. The minimum atomic E-state index is 0.298. The van der Waals surface area contributed by atoms with Gasteiger partial charge < -0.3 is 9.73 Å². The van der Waals surface area contributed by atoms with E-state index in [1.165, 1.54) is 12.0 Å². The maximum absolute atomic E-state index is 6.17. The van der Waals surface area contributed by atoms with Gasteiger partial charge in [0, 0.05) is 11.6 Å². The van der Waals surface area contributed by atoms with Crippen LogP contribution in [0.5, 0.6) is 0 Å². The van der Waals surface area contributed by atoms with Gasteiger partial charge in [0.05, 0.1) is 6.26 Å². The molecule has 1 aromatic heterocycles. The molecule has 3 heteroatoms. The third kappa shape index (κ3) is 2.77. The Morgan fingerprint density at radius 1 is 1.30 bits per heavy atom. The molecule has 1 saturated carbocycles. The summed E-state index contributed by atoms with van der Waals surface area (Å²) in [5, 5.41) is 4.16. The molecule has 0 spiro atoms. The molecule has 0 saturated heterocycles. The molecule has 3 atom stereocenters. The highest BCUT2D eigenvalue weighted by Gasteiger charge is 2.45. The fraction of sp³-hybridized carbons (Fsp3) is 0.412. The lowest BCUT2D eigenvalue weighted by molar-refractivity contribution is 0.465. The van der Waals surface area contributed by atoms with Gasteiger partial charge in [-0.2, -0.15) is 0 Å². The van der Waals surface area contributed by atoms with E-state index in [0.29, 0.717) is 23.1 Å². The average Bonchev–Trinajstić information content (AvgIpc) is 3.16. The van der Waals surface area contributed by atoms with Gasteiger partial charge in [0.25, 0.3) is 0 Å². The Kier molecular flexibility index (Phi) is 4.13. The van der Waals surface area contributed by atoms with Crippen LogP contribution in [0.1, 0.15) is 42.9 Å². The minimum Gasteiger partial charge on any atom is -0.453 e. The van der Waals surface area contributed by atoms with Crippen molar-refractivity contribution < 1.29 is 4.42 Å². The summed E-state index contributed by atoms with van der Waals surface area (Å²) in [7, 11) is 0. The number of nitrogens with one attached hydrogen (secondary N) is 1. The van der Waals surface area contributed by atoms with Crippen molar-refractivity contribution in [1.82, 2.24) is 5.32 Å². The fourth-order valence-corrected chi connectivity index (χ4v) is 3.22. The Morgan fingerprint density at radius 2 is 2.10 bits per heavy atom. The monoisotopic (exact) mass is 289 g/mol. The second kappa shape index (κ2) is 6.02. The molecule has 1 aliphatic rings. The Balaban J connectivity index is 1.77. The van der Waals surface area contributed by atoms with Crippen molar-refractivity contribution in [1.29, 1.82) is 0 Å². The Bertz CT molecular complexity index is 551. The van der Waals surface area contributed by atoms with E-state index in [9.17, 15) is 0 Å². The molecule has 3 unspecified atom stereocenters. The van der Waals surface area contributed by atoms with Gasteiger partial charge in [0.2, 0.25) is 0 Å². The molecule has 0 amide bonds. The van der Waals surface area contributed by atoms with Crippen molar-refractivity contribution >= 4 is 11.6 Å². The number of furan rings is 1. The zero-order chi connectivity index (χ0) is 13.9. The van der Waals surface area contributed by atoms with E-state index in [0.717, 1.165) is 18.5 Å². The first-order chi connectivity index (χ1) is 9.81. The van der Waals surface area contributed by atoms with Crippen LogP contribution in [-0.2, 0) is 0 Å². The molecule has 20 heavy (non-hydrogen) atoms. The summed E-state index contributed by atoms with van der Waals surface area (Å²) < 4.78 is 5.27. The fourth-order valence-electron chi connectivity index (χ4n) is 2.98. The summed E-state index contributed by atoms with van der Waals surface area (Å²) in [6.07, 6.45) is 4.01. The Labute approximate surface area is 125 Å². The maximum atomic E-state index is 6.17. The zero-order valence-electron chi connectivity index (χ0n) is 11.7. The summed E-state index contributed by atoms with van der Waals surface area (Å²) in [4.78, 5) is 0. The van der Waals surface area contributed by atoms with Crippen LogP contribution in [0.25, 0.3) is 0 Å². The molecule has 1 N–H and O–H groups in total. The number of halogens is 1. The molecule has 0 bridgehead atoms. The maximum Gasteiger partial charge on any atom is 0.197 e. The van der Waals surface area contributed by atoms with E-state index in [1.54, 1.807) is 6.26 Å². The van der Waals surface area contributed by atoms with Gasteiger partial charge in [0.1, 0.15) is 0 Å². The highest BCUT2D eigenvalue weighted by Crippen LogP contribution is 2.54. The van der Waals surface area contributed by atoms with Gasteiger partial charge in [-0.25, -0.2) is 0 Å². The van der Waals surface area contributed by atoms with Crippen LogP contribution in [0, 0.1) is 5.92 Å². The van der Waals surface area contributed by atoms with Crippen molar-refractivity contribution in [2.45, 2.75) is 31.7 Å². The van der Waals surface area contributed by atoms with Gasteiger partial charge in [0.15, 0.2) is 5.22 Å². The smallest absolute Gasteiger partial charge is 0.197 e. The Morgan fingerprint density at radius 3 is 2.75 bits per heavy atom. The summed E-state index contributed by atoms with van der Waals surface area (Å²) in [5.41, 5.74) is 2.53. The predicted molar refractivity (Wildman–Crippen MR) is 82.0 cm³/mol. The highest BCUT2D eigenvalue weighted by molar-refractivity contribution is 6.29. The lowest BCUT2D eigenvalue weighted by Crippen LogP contribution is -2.24. The molecule has 0 aliphatic heterocycles. The van der Waals surface area contributed by atoms with Crippen LogP contribution in [0.3, 0.4) is 0 Å². The first-order valence-electron chi connectivity index (χ1n) is 7.32. The number of hydrogen-bond acceptors (Lipinski definition) is 2. The van der Waals surface area contributed by atoms with Gasteiger partial charge in [-0.15, -0.1) is 0 Å². The SMILES string of the molecule is CCCNC(c1ccoc1Cl)C1CC1c1ccccc1. The van der Waals surface area contributed by atoms with Crippen LogP contribution < -0.4 is 5.32 Å². The van der Waals surface area contributed by atoms with E-state index in [1.807, 2.05) is 6.07 Å². The van der Waals surface area contributed by atoms with Crippen LogP contribution in [-0.4, -0.2) is 6.54 Å². The number of rotatable bonds is 6. The summed E-state index contributed by atoms with van der Waals surface area (Å²) in [6.45, 7) is 3.19. The molecule has 1 aliphatic carbocycles. The van der Waals surface area contributed by atoms with Crippen molar-refractivity contribution in [3.63, 3.8) is 0 Å². The molecule has 106 valence electrons. The van der Waals surface area contributed by atoms with Crippen molar-refractivity contribution in [2.75, 3.05) is 6.54 Å². The number of benzene rings is 1. The minimum absolute atomic E-state index is 0.298.